The topological polar surface area (TPSA) is 81.0 Å². The summed E-state index contributed by atoms with van der Waals surface area (Å²) in [5.41, 5.74) is 0. The molecule has 0 fully saturated rings. The lowest BCUT2D eigenvalue weighted by molar-refractivity contribution is -0.137. The molecule has 3 N–H and O–H groups in total. The molecule has 0 aliphatic rings. The highest BCUT2D eigenvalue weighted by atomic mass is 16.4. The first-order chi connectivity index (χ1) is 23.1. The summed E-state index contributed by atoms with van der Waals surface area (Å²) in [6.07, 6.45) is 45.5. The van der Waals surface area contributed by atoms with Gasteiger partial charge in [-0.25, -0.2) is 0 Å². The molecule has 0 aliphatic heterocycles. The zero-order chi connectivity index (χ0) is 34.7. The molecule has 5 heteroatoms. The van der Waals surface area contributed by atoms with Gasteiger partial charge in [-0.05, 0) is 19.4 Å². The summed E-state index contributed by atoms with van der Waals surface area (Å²) in [7, 11) is 0. The molecule has 0 aliphatic carbocycles. The lowest BCUT2D eigenvalue weighted by atomic mass is 10.0. The Labute approximate surface area is 295 Å². The van der Waals surface area contributed by atoms with Gasteiger partial charge in [0, 0.05) is 19.5 Å². The minimum atomic E-state index is -0.651. The molecule has 0 amide bonds. The third-order valence-corrected chi connectivity index (χ3v) is 9.65. The van der Waals surface area contributed by atoms with Crippen LogP contribution in [0.1, 0.15) is 232 Å². The van der Waals surface area contributed by atoms with Gasteiger partial charge < -0.3 is 15.3 Å². The van der Waals surface area contributed by atoms with E-state index in [0.29, 0.717) is 19.5 Å². The number of aliphatic hydroxyl groups excluding tert-OH is 2. The first-order valence-corrected chi connectivity index (χ1v) is 21.3. The Morgan fingerprint density at radius 1 is 0.362 bits per heavy atom. The van der Waals surface area contributed by atoms with Crippen molar-refractivity contribution in [1.29, 1.82) is 0 Å². The average Bonchev–Trinajstić information content (AvgIpc) is 3.06. The molecule has 284 valence electrons. The summed E-state index contributed by atoms with van der Waals surface area (Å²) in [4.78, 5) is 12.5. The summed E-state index contributed by atoms with van der Waals surface area (Å²) >= 11 is 0. The van der Waals surface area contributed by atoms with Crippen molar-refractivity contribution in [1.82, 2.24) is 4.90 Å². The van der Waals surface area contributed by atoms with E-state index in [-0.39, 0.29) is 13.2 Å². The van der Waals surface area contributed by atoms with Gasteiger partial charge in [0.1, 0.15) is 0 Å². The Morgan fingerprint density at radius 2 is 0.596 bits per heavy atom. The van der Waals surface area contributed by atoms with Crippen LogP contribution in [-0.4, -0.2) is 59.0 Å². The molecule has 0 radical (unpaired) electrons. The number of rotatable bonds is 39. The number of aliphatic carboxylic acids is 1. The Kier molecular flexibility index (Phi) is 46.8. The van der Waals surface area contributed by atoms with Gasteiger partial charge in [-0.3, -0.25) is 9.69 Å². The lowest BCUT2D eigenvalue weighted by Gasteiger charge is -2.19. The fourth-order valence-electron chi connectivity index (χ4n) is 6.50. The molecule has 0 aromatic rings. The molecule has 0 unspecified atom stereocenters. The zero-order valence-corrected chi connectivity index (χ0v) is 32.3. The Balaban J connectivity index is 0. The van der Waals surface area contributed by atoms with Gasteiger partial charge in [0.05, 0.1) is 13.2 Å². The van der Waals surface area contributed by atoms with Crippen molar-refractivity contribution in [2.75, 3.05) is 32.8 Å². The maximum atomic E-state index is 10.4. The second-order valence-electron chi connectivity index (χ2n) is 14.4. The second kappa shape index (κ2) is 45.3. The smallest absolute Gasteiger partial charge is 0.303 e. The molecule has 0 heterocycles. The van der Waals surface area contributed by atoms with E-state index in [9.17, 15) is 4.79 Å². The monoisotopic (exact) mass is 670 g/mol. The Bertz CT molecular complexity index is 553. The maximum Gasteiger partial charge on any atom is 0.303 e. The van der Waals surface area contributed by atoms with E-state index in [2.05, 4.69) is 18.7 Å². The number of hydrogen-bond donors (Lipinski definition) is 3. The zero-order valence-electron chi connectivity index (χ0n) is 32.3. The molecule has 0 saturated carbocycles. The maximum absolute atomic E-state index is 10.4. The SMILES string of the molecule is CCCCCCCCCCCCCCCCCCCCCC(=O)O.CCCCCCCCCCCCCCCCN(CCO)CCO. The van der Waals surface area contributed by atoms with Gasteiger partial charge in [-0.15, -0.1) is 0 Å². The highest BCUT2D eigenvalue weighted by Crippen LogP contribution is 2.15. The molecule has 0 spiro atoms. The number of carboxylic acid groups (broad SMARTS) is 1. The number of unbranched alkanes of at least 4 members (excludes halogenated alkanes) is 31. The van der Waals surface area contributed by atoms with E-state index in [1.807, 2.05) is 0 Å². The van der Waals surface area contributed by atoms with Crippen molar-refractivity contribution < 1.29 is 20.1 Å². The van der Waals surface area contributed by atoms with E-state index in [1.165, 1.54) is 199 Å². The van der Waals surface area contributed by atoms with Crippen LogP contribution >= 0.6 is 0 Å². The highest BCUT2D eigenvalue weighted by Gasteiger charge is 2.03. The predicted octanol–water partition coefficient (Wildman–Crippen LogP) is 12.6. The molecule has 0 atom stereocenters. The molecule has 0 rings (SSSR count). The lowest BCUT2D eigenvalue weighted by Crippen LogP contribution is -2.30. The quantitative estimate of drug-likeness (QED) is 0.0567. The van der Waals surface area contributed by atoms with Crippen LogP contribution in [0.3, 0.4) is 0 Å². The van der Waals surface area contributed by atoms with Crippen LogP contribution in [0.4, 0.5) is 0 Å². The third-order valence-electron chi connectivity index (χ3n) is 9.65. The Morgan fingerprint density at radius 3 is 0.830 bits per heavy atom. The highest BCUT2D eigenvalue weighted by molar-refractivity contribution is 5.66. The van der Waals surface area contributed by atoms with Crippen LogP contribution in [0, 0.1) is 0 Å². The summed E-state index contributed by atoms with van der Waals surface area (Å²) in [5, 5.41) is 26.5. The van der Waals surface area contributed by atoms with E-state index in [1.54, 1.807) is 0 Å². The van der Waals surface area contributed by atoms with Crippen molar-refractivity contribution in [3.63, 3.8) is 0 Å². The molecular weight excluding hydrogens is 582 g/mol. The molecular formula is C42H87NO4. The molecule has 0 aromatic heterocycles. The number of aliphatic hydroxyl groups is 2. The third kappa shape index (κ3) is 47.5. The van der Waals surface area contributed by atoms with Crippen molar-refractivity contribution in [2.45, 2.75) is 232 Å². The van der Waals surface area contributed by atoms with E-state index < -0.39 is 5.97 Å². The van der Waals surface area contributed by atoms with Crippen LogP contribution in [-0.2, 0) is 4.79 Å². The van der Waals surface area contributed by atoms with Crippen molar-refractivity contribution in [2.24, 2.45) is 0 Å². The van der Waals surface area contributed by atoms with Gasteiger partial charge >= 0.3 is 5.97 Å². The van der Waals surface area contributed by atoms with Crippen molar-refractivity contribution in [3.05, 3.63) is 0 Å². The number of carboxylic acids is 1. The predicted molar refractivity (Wildman–Crippen MR) is 207 cm³/mol. The van der Waals surface area contributed by atoms with E-state index in [4.69, 9.17) is 15.3 Å². The summed E-state index contributed by atoms with van der Waals surface area (Å²) in [6, 6.07) is 0. The first kappa shape index (κ1) is 48.5. The number of carbonyl (C=O) groups is 1. The summed E-state index contributed by atoms with van der Waals surface area (Å²) in [5.74, 6) is -0.651. The minimum Gasteiger partial charge on any atom is -0.481 e. The van der Waals surface area contributed by atoms with Crippen LogP contribution in [0.5, 0.6) is 0 Å². The van der Waals surface area contributed by atoms with Gasteiger partial charge in [-0.2, -0.15) is 0 Å². The van der Waals surface area contributed by atoms with Gasteiger partial charge in [0.15, 0.2) is 0 Å². The summed E-state index contributed by atoms with van der Waals surface area (Å²) in [6.45, 7) is 7.35. The van der Waals surface area contributed by atoms with E-state index >= 15 is 0 Å². The van der Waals surface area contributed by atoms with Crippen LogP contribution < -0.4 is 0 Å². The van der Waals surface area contributed by atoms with Crippen LogP contribution in [0.2, 0.25) is 0 Å². The Hall–Kier alpha value is -0.650. The first-order valence-electron chi connectivity index (χ1n) is 21.3. The fraction of sp³-hybridized carbons (Fsp3) is 0.976. The van der Waals surface area contributed by atoms with E-state index in [0.717, 1.165) is 19.4 Å². The molecule has 0 aromatic carbocycles. The standard InChI is InChI=1S/C22H44O2.C20H43NO2/c1-2-3-4-5-6-7-8-9-10-11-12-13-14-15-16-17-18-19-20-21-22(23)24;1-2-3-4-5-6-7-8-9-10-11-12-13-14-15-16-21(17-19-22)18-20-23/h2-21H2,1H3,(H,23,24);22-23H,2-20H2,1H3. The van der Waals surface area contributed by atoms with Crippen molar-refractivity contribution >= 4 is 5.97 Å². The van der Waals surface area contributed by atoms with Gasteiger partial charge in [0.2, 0.25) is 0 Å². The number of hydrogen-bond acceptors (Lipinski definition) is 4. The van der Waals surface area contributed by atoms with Crippen LogP contribution in [0.25, 0.3) is 0 Å². The van der Waals surface area contributed by atoms with Crippen LogP contribution in [0.15, 0.2) is 0 Å². The van der Waals surface area contributed by atoms with Gasteiger partial charge in [0.25, 0.3) is 0 Å². The largest absolute Gasteiger partial charge is 0.481 e. The second-order valence-corrected chi connectivity index (χ2v) is 14.4. The number of nitrogens with zero attached hydrogens (tertiary/aromatic N) is 1. The minimum absolute atomic E-state index is 0.193. The molecule has 47 heavy (non-hydrogen) atoms. The summed E-state index contributed by atoms with van der Waals surface area (Å²) < 4.78 is 0. The normalized spacial score (nSPS) is 11.3. The van der Waals surface area contributed by atoms with Gasteiger partial charge in [-0.1, -0.05) is 213 Å². The molecule has 0 saturated heterocycles. The fourth-order valence-corrected chi connectivity index (χ4v) is 6.50. The average molecular weight is 670 g/mol. The molecule has 5 nitrogen and oxygen atoms in total. The molecule has 0 bridgehead atoms. The van der Waals surface area contributed by atoms with Crippen molar-refractivity contribution in [3.8, 4) is 0 Å².